The molecule has 1 aliphatic rings. The van der Waals surface area contributed by atoms with Gasteiger partial charge in [0.25, 0.3) is 5.91 Å². The van der Waals surface area contributed by atoms with Crippen molar-refractivity contribution in [1.29, 1.82) is 5.26 Å². The number of thiazole rings is 1. The molecule has 0 atom stereocenters. The Balaban J connectivity index is 1.28. The molecule has 0 radical (unpaired) electrons. The second kappa shape index (κ2) is 9.37. The average molecular weight is 440 g/mol. The van der Waals surface area contributed by atoms with E-state index in [-0.39, 0.29) is 13.0 Å². The van der Waals surface area contributed by atoms with Crippen molar-refractivity contribution in [3.8, 4) is 6.07 Å². The van der Waals surface area contributed by atoms with Gasteiger partial charge >= 0.3 is 5.97 Å². The molecule has 154 valence electrons. The molecule has 3 aromatic rings. The van der Waals surface area contributed by atoms with E-state index in [9.17, 15) is 14.9 Å². The first-order chi connectivity index (χ1) is 14.6. The number of anilines is 1. The number of para-hydroxylation sites is 1. The molecule has 0 unspecified atom stereocenters. The van der Waals surface area contributed by atoms with Crippen LogP contribution < -0.4 is 5.32 Å². The van der Waals surface area contributed by atoms with Gasteiger partial charge in [0.05, 0.1) is 27.2 Å². The summed E-state index contributed by atoms with van der Waals surface area (Å²) in [6.07, 6.45) is 5.83. The molecule has 1 N–H and O–H groups in total. The minimum absolute atomic E-state index is 0.170. The van der Waals surface area contributed by atoms with Crippen LogP contribution in [0.2, 0.25) is 0 Å². The highest BCUT2D eigenvalue weighted by molar-refractivity contribution is 7.18. The van der Waals surface area contributed by atoms with Crippen LogP contribution in [0.5, 0.6) is 0 Å². The SMILES string of the molecule is N#Cc1c(NC(=O)COC(=O)CCc2nc3ccccc3s2)sc2c1CCCCC2. The molecule has 8 heteroatoms. The number of carbonyl (C=O) groups excluding carboxylic acids is 2. The van der Waals surface area contributed by atoms with Crippen molar-refractivity contribution in [1.82, 2.24) is 4.98 Å². The lowest BCUT2D eigenvalue weighted by Crippen LogP contribution is -2.21. The number of aromatic nitrogens is 1. The second-order valence-corrected chi connectivity index (χ2v) is 9.38. The molecule has 1 aromatic carbocycles. The molecular formula is C22H21N3O3S2. The Labute approximate surface area is 182 Å². The van der Waals surface area contributed by atoms with Crippen molar-refractivity contribution in [2.45, 2.75) is 44.9 Å². The molecule has 1 amide bonds. The third kappa shape index (κ3) is 4.69. The fraction of sp³-hybridized carbons (Fsp3) is 0.364. The summed E-state index contributed by atoms with van der Waals surface area (Å²) >= 11 is 3.03. The number of esters is 1. The summed E-state index contributed by atoms with van der Waals surface area (Å²) in [4.78, 5) is 30.0. The van der Waals surface area contributed by atoms with Crippen molar-refractivity contribution in [2.24, 2.45) is 0 Å². The summed E-state index contributed by atoms with van der Waals surface area (Å²) in [6, 6.07) is 10.1. The smallest absolute Gasteiger partial charge is 0.306 e. The molecular weight excluding hydrogens is 418 g/mol. The van der Waals surface area contributed by atoms with Crippen LogP contribution in [0.1, 0.15) is 46.7 Å². The van der Waals surface area contributed by atoms with Crippen LogP contribution in [0, 0.1) is 11.3 Å². The minimum Gasteiger partial charge on any atom is -0.456 e. The fourth-order valence-electron chi connectivity index (χ4n) is 3.57. The lowest BCUT2D eigenvalue weighted by Gasteiger charge is -2.05. The Morgan fingerprint density at radius 1 is 1.17 bits per heavy atom. The van der Waals surface area contributed by atoms with Gasteiger partial charge in [-0.15, -0.1) is 22.7 Å². The Kier molecular flexibility index (Phi) is 6.41. The van der Waals surface area contributed by atoms with Gasteiger partial charge in [0.15, 0.2) is 6.61 Å². The molecule has 0 bridgehead atoms. The number of nitriles is 1. The number of nitrogens with zero attached hydrogens (tertiary/aromatic N) is 2. The van der Waals surface area contributed by atoms with Gasteiger partial charge in [-0.25, -0.2) is 4.98 Å². The summed E-state index contributed by atoms with van der Waals surface area (Å²) in [5.74, 6) is -0.858. The standard InChI is InChI=1S/C22H21N3O3S2/c23-12-15-14-6-2-1-3-8-17(14)30-22(15)25-19(26)13-28-21(27)11-10-20-24-16-7-4-5-9-18(16)29-20/h4-5,7,9H,1-3,6,8,10-11,13H2,(H,25,26). The van der Waals surface area contributed by atoms with E-state index in [2.05, 4.69) is 16.4 Å². The van der Waals surface area contributed by atoms with Crippen LogP contribution in [0.4, 0.5) is 5.00 Å². The molecule has 0 saturated carbocycles. The zero-order valence-electron chi connectivity index (χ0n) is 16.4. The van der Waals surface area contributed by atoms with Crippen LogP contribution in [0.25, 0.3) is 10.2 Å². The van der Waals surface area contributed by atoms with Gasteiger partial charge < -0.3 is 10.1 Å². The monoisotopic (exact) mass is 439 g/mol. The first kappa shape index (κ1) is 20.5. The van der Waals surface area contributed by atoms with E-state index in [1.165, 1.54) is 22.6 Å². The number of ether oxygens (including phenoxy) is 1. The number of hydrogen-bond acceptors (Lipinski definition) is 7. The molecule has 0 spiro atoms. The lowest BCUT2D eigenvalue weighted by atomic mass is 10.1. The number of carbonyl (C=O) groups is 2. The van der Waals surface area contributed by atoms with Crippen molar-refractivity contribution in [3.05, 3.63) is 45.3 Å². The molecule has 0 fully saturated rings. The van der Waals surface area contributed by atoms with Gasteiger partial charge in [-0.05, 0) is 43.4 Å². The zero-order chi connectivity index (χ0) is 20.9. The van der Waals surface area contributed by atoms with Gasteiger partial charge in [0.2, 0.25) is 0 Å². The van der Waals surface area contributed by atoms with Gasteiger partial charge in [0, 0.05) is 11.3 Å². The summed E-state index contributed by atoms with van der Waals surface area (Å²) < 4.78 is 6.20. The van der Waals surface area contributed by atoms with Crippen LogP contribution in [-0.4, -0.2) is 23.5 Å². The largest absolute Gasteiger partial charge is 0.456 e. The molecule has 1 aliphatic carbocycles. The highest BCUT2D eigenvalue weighted by Crippen LogP contribution is 2.36. The van der Waals surface area contributed by atoms with Crippen LogP contribution >= 0.6 is 22.7 Å². The number of aryl methyl sites for hydroxylation is 2. The Morgan fingerprint density at radius 2 is 2.00 bits per heavy atom. The quantitative estimate of drug-likeness (QED) is 0.447. The Morgan fingerprint density at radius 3 is 2.83 bits per heavy atom. The predicted molar refractivity (Wildman–Crippen MR) is 118 cm³/mol. The molecule has 2 heterocycles. The summed E-state index contributed by atoms with van der Waals surface area (Å²) in [7, 11) is 0. The Bertz CT molecular complexity index is 1090. The van der Waals surface area contributed by atoms with E-state index in [4.69, 9.17) is 4.74 Å². The van der Waals surface area contributed by atoms with Crippen molar-refractivity contribution >= 4 is 49.8 Å². The Hall–Kier alpha value is -2.76. The third-order valence-corrected chi connectivity index (χ3v) is 7.33. The van der Waals surface area contributed by atoms with E-state index in [0.29, 0.717) is 17.0 Å². The average Bonchev–Trinajstić information content (AvgIpc) is 3.23. The topological polar surface area (TPSA) is 92.1 Å². The maximum absolute atomic E-state index is 12.3. The van der Waals surface area contributed by atoms with Crippen LogP contribution in [0.15, 0.2) is 24.3 Å². The zero-order valence-corrected chi connectivity index (χ0v) is 18.0. The highest BCUT2D eigenvalue weighted by Gasteiger charge is 2.21. The molecule has 30 heavy (non-hydrogen) atoms. The van der Waals surface area contributed by atoms with Crippen molar-refractivity contribution in [3.63, 3.8) is 0 Å². The third-order valence-electron chi connectivity index (χ3n) is 5.03. The molecule has 6 nitrogen and oxygen atoms in total. The number of nitrogens with one attached hydrogen (secondary N) is 1. The van der Waals surface area contributed by atoms with E-state index in [0.717, 1.165) is 46.5 Å². The highest BCUT2D eigenvalue weighted by atomic mass is 32.1. The van der Waals surface area contributed by atoms with E-state index in [1.54, 1.807) is 11.3 Å². The number of fused-ring (bicyclic) bond motifs is 2. The van der Waals surface area contributed by atoms with Crippen molar-refractivity contribution < 1.29 is 14.3 Å². The molecule has 0 saturated heterocycles. The normalized spacial score (nSPS) is 13.3. The summed E-state index contributed by atoms with van der Waals surface area (Å²) in [5, 5.41) is 13.7. The van der Waals surface area contributed by atoms with Crippen LogP contribution in [0.3, 0.4) is 0 Å². The maximum Gasteiger partial charge on any atom is 0.306 e. The summed E-state index contributed by atoms with van der Waals surface area (Å²) in [6.45, 7) is -0.355. The lowest BCUT2D eigenvalue weighted by molar-refractivity contribution is -0.147. The van der Waals surface area contributed by atoms with Gasteiger partial charge in [0.1, 0.15) is 11.1 Å². The minimum atomic E-state index is -0.438. The van der Waals surface area contributed by atoms with Crippen LogP contribution in [-0.2, 0) is 33.6 Å². The second-order valence-electron chi connectivity index (χ2n) is 7.16. The number of rotatable bonds is 6. The van der Waals surface area contributed by atoms with E-state index >= 15 is 0 Å². The van der Waals surface area contributed by atoms with E-state index < -0.39 is 11.9 Å². The molecule has 2 aromatic heterocycles. The van der Waals surface area contributed by atoms with Gasteiger partial charge in [-0.1, -0.05) is 18.6 Å². The molecule has 4 rings (SSSR count). The predicted octanol–water partition coefficient (Wildman–Crippen LogP) is 4.61. The first-order valence-corrected chi connectivity index (χ1v) is 11.6. The maximum atomic E-state index is 12.3. The number of thiophene rings is 1. The number of benzene rings is 1. The van der Waals surface area contributed by atoms with E-state index in [1.807, 2.05) is 24.3 Å². The van der Waals surface area contributed by atoms with Gasteiger partial charge in [-0.2, -0.15) is 5.26 Å². The number of hydrogen-bond donors (Lipinski definition) is 1. The molecule has 0 aliphatic heterocycles. The first-order valence-electron chi connectivity index (χ1n) is 9.98. The summed E-state index contributed by atoms with van der Waals surface area (Å²) in [5.41, 5.74) is 2.56. The van der Waals surface area contributed by atoms with Crippen molar-refractivity contribution in [2.75, 3.05) is 11.9 Å². The fourth-order valence-corrected chi connectivity index (χ4v) is 5.79. The van der Waals surface area contributed by atoms with Gasteiger partial charge in [-0.3, -0.25) is 9.59 Å². The number of amides is 1.